The van der Waals surface area contributed by atoms with Gasteiger partial charge in [0.2, 0.25) is 0 Å². The Bertz CT molecular complexity index is 1200. The maximum absolute atomic E-state index is 4.73. The molecular formula is C27H30N4S3. The molecule has 34 heavy (non-hydrogen) atoms. The van der Waals surface area contributed by atoms with Crippen molar-refractivity contribution >= 4 is 40.9 Å². The largest absolute Gasteiger partial charge is 0.388 e. The summed E-state index contributed by atoms with van der Waals surface area (Å²) in [5.41, 5.74) is 4.69. The lowest BCUT2D eigenvalue weighted by molar-refractivity contribution is 0.535. The van der Waals surface area contributed by atoms with Crippen LogP contribution >= 0.6 is 35.2 Å². The van der Waals surface area contributed by atoms with Crippen LogP contribution in [-0.2, 0) is 6.54 Å². The lowest BCUT2D eigenvalue weighted by Crippen LogP contribution is -2.29. The second kappa shape index (κ2) is 11.4. The quantitative estimate of drug-likeness (QED) is 0.202. The number of hydrogen-bond acceptors (Lipinski definition) is 7. The Labute approximate surface area is 215 Å². The first-order chi connectivity index (χ1) is 16.4. The van der Waals surface area contributed by atoms with Gasteiger partial charge in [-0.05, 0) is 92.7 Å². The predicted octanol–water partition coefficient (Wildman–Crippen LogP) is 7.71. The van der Waals surface area contributed by atoms with E-state index in [4.69, 9.17) is 4.98 Å². The first kappa shape index (κ1) is 24.8. The van der Waals surface area contributed by atoms with Crippen molar-refractivity contribution in [2.45, 2.75) is 42.6 Å². The number of hydrogen-bond donors (Lipinski definition) is 3. The van der Waals surface area contributed by atoms with Gasteiger partial charge in [-0.15, -0.1) is 11.3 Å². The van der Waals surface area contributed by atoms with Crippen molar-refractivity contribution in [3.05, 3.63) is 84.6 Å². The highest BCUT2D eigenvalue weighted by atomic mass is 32.2. The van der Waals surface area contributed by atoms with Gasteiger partial charge in [-0.25, -0.2) is 4.98 Å². The van der Waals surface area contributed by atoms with E-state index in [1.54, 1.807) is 35.2 Å². The van der Waals surface area contributed by atoms with Crippen molar-refractivity contribution in [2.24, 2.45) is 0 Å². The molecule has 1 heterocycles. The summed E-state index contributed by atoms with van der Waals surface area (Å²) in [6, 6.07) is 25.5. The molecule has 3 aromatic carbocycles. The maximum Gasteiger partial charge on any atom is 0.123 e. The molecule has 0 aliphatic rings. The minimum atomic E-state index is 0.00721. The van der Waals surface area contributed by atoms with E-state index in [1.807, 2.05) is 19.3 Å². The molecule has 0 bridgehead atoms. The number of benzene rings is 3. The molecule has 0 radical (unpaired) electrons. The van der Waals surface area contributed by atoms with Crippen molar-refractivity contribution < 1.29 is 0 Å². The summed E-state index contributed by atoms with van der Waals surface area (Å²) in [4.78, 5) is 8.32. The Kier molecular flexibility index (Phi) is 8.34. The average molecular weight is 507 g/mol. The van der Waals surface area contributed by atoms with E-state index in [2.05, 4.69) is 102 Å². The number of nitrogens with one attached hydrogen (secondary N) is 3. The maximum atomic E-state index is 4.73. The Morgan fingerprint density at radius 2 is 1.68 bits per heavy atom. The van der Waals surface area contributed by atoms with Crippen LogP contribution in [0.2, 0.25) is 0 Å². The third-order valence-corrected chi connectivity index (χ3v) is 8.06. The first-order valence-corrected chi connectivity index (χ1v) is 13.6. The molecule has 4 aromatic rings. The number of nitrogens with zero attached hydrogens (tertiary/aromatic N) is 1. The fraction of sp³-hybridized carbons (Fsp3) is 0.222. The van der Waals surface area contributed by atoms with Crippen LogP contribution in [0.25, 0.3) is 21.0 Å². The fourth-order valence-electron chi connectivity index (χ4n) is 3.18. The first-order valence-electron chi connectivity index (χ1n) is 11.2. The molecule has 0 saturated carbocycles. The van der Waals surface area contributed by atoms with Crippen molar-refractivity contribution in [3.8, 4) is 21.0 Å². The third kappa shape index (κ3) is 6.87. The van der Waals surface area contributed by atoms with Crippen molar-refractivity contribution in [2.75, 3.05) is 12.4 Å². The average Bonchev–Trinajstić information content (AvgIpc) is 3.33. The minimum Gasteiger partial charge on any atom is -0.388 e. The summed E-state index contributed by atoms with van der Waals surface area (Å²) in [5.74, 6) is 0. The van der Waals surface area contributed by atoms with Gasteiger partial charge in [-0.2, -0.15) is 0 Å². The van der Waals surface area contributed by atoms with Crippen molar-refractivity contribution in [1.82, 2.24) is 14.4 Å². The standard InChI is InChI=1S/C27H30N4S3/c1-27(2,3)31-34-24-16-19(17-30-33-22-8-6-5-7-9-22)10-15-23(24)25-18-29-26(32-25)20-11-13-21(28-4)14-12-20/h5-16,18,28,30-31H,17H2,1-4H3. The highest BCUT2D eigenvalue weighted by Gasteiger charge is 2.15. The Balaban J connectivity index is 1.54. The van der Waals surface area contributed by atoms with Crippen LogP contribution in [0.15, 0.2) is 88.8 Å². The molecule has 0 unspecified atom stereocenters. The van der Waals surface area contributed by atoms with E-state index in [9.17, 15) is 0 Å². The summed E-state index contributed by atoms with van der Waals surface area (Å²) in [6.45, 7) is 7.33. The van der Waals surface area contributed by atoms with Crippen LogP contribution in [0.4, 0.5) is 5.69 Å². The molecule has 3 N–H and O–H groups in total. The van der Waals surface area contributed by atoms with Crippen LogP contribution < -0.4 is 14.8 Å². The van der Waals surface area contributed by atoms with E-state index < -0.39 is 0 Å². The molecule has 0 amide bonds. The van der Waals surface area contributed by atoms with Gasteiger partial charge in [0.1, 0.15) is 5.01 Å². The van der Waals surface area contributed by atoms with E-state index in [0.717, 1.165) is 22.8 Å². The van der Waals surface area contributed by atoms with Crippen LogP contribution in [0, 0.1) is 0 Å². The Morgan fingerprint density at radius 3 is 2.38 bits per heavy atom. The van der Waals surface area contributed by atoms with Crippen LogP contribution in [0.3, 0.4) is 0 Å². The Hall–Kier alpha value is -2.29. The SMILES string of the molecule is CNc1ccc(-c2ncc(-c3ccc(CNSc4ccccc4)cc3SNC(C)(C)C)s2)cc1. The lowest BCUT2D eigenvalue weighted by Gasteiger charge is -2.21. The Morgan fingerprint density at radius 1 is 0.912 bits per heavy atom. The summed E-state index contributed by atoms with van der Waals surface area (Å²) in [6.07, 6.45) is 1.99. The third-order valence-electron chi connectivity index (χ3n) is 4.91. The van der Waals surface area contributed by atoms with Gasteiger partial charge in [0.25, 0.3) is 0 Å². The molecule has 0 atom stereocenters. The zero-order valence-electron chi connectivity index (χ0n) is 19.9. The van der Waals surface area contributed by atoms with Crippen molar-refractivity contribution in [1.29, 1.82) is 0 Å². The minimum absolute atomic E-state index is 0.00721. The molecule has 4 rings (SSSR count). The molecule has 0 saturated heterocycles. The molecular weight excluding hydrogens is 477 g/mol. The number of rotatable bonds is 9. The second-order valence-corrected chi connectivity index (χ2v) is 11.7. The van der Waals surface area contributed by atoms with Gasteiger partial charge in [0.05, 0.1) is 4.88 Å². The van der Waals surface area contributed by atoms with Gasteiger partial charge in [-0.3, -0.25) is 9.44 Å². The normalized spacial score (nSPS) is 11.5. The smallest absolute Gasteiger partial charge is 0.123 e. The summed E-state index contributed by atoms with van der Waals surface area (Å²) in [7, 11) is 1.93. The lowest BCUT2D eigenvalue weighted by atomic mass is 10.1. The fourth-order valence-corrected chi connectivity index (χ4v) is 5.81. The summed E-state index contributed by atoms with van der Waals surface area (Å²) in [5, 5.41) is 4.20. The molecule has 0 spiro atoms. The monoisotopic (exact) mass is 506 g/mol. The van der Waals surface area contributed by atoms with E-state index in [0.29, 0.717) is 0 Å². The number of aromatic nitrogens is 1. The van der Waals surface area contributed by atoms with Gasteiger partial charge >= 0.3 is 0 Å². The topological polar surface area (TPSA) is 49.0 Å². The van der Waals surface area contributed by atoms with E-state index >= 15 is 0 Å². The van der Waals surface area contributed by atoms with Gasteiger partial charge < -0.3 is 5.32 Å². The van der Waals surface area contributed by atoms with Gasteiger partial charge in [0, 0.05) is 51.9 Å². The highest BCUT2D eigenvalue weighted by Crippen LogP contribution is 2.38. The van der Waals surface area contributed by atoms with Gasteiger partial charge in [0.15, 0.2) is 0 Å². The molecule has 1 aromatic heterocycles. The molecule has 0 fully saturated rings. The molecule has 176 valence electrons. The molecule has 0 aliphatic carbocycles. The number of thiazole rings is 1. The summed E-state index contributed by atoms with van der Waals surface area (Å²) < 4.78 is 7.06. The van der Waals surface area contributed by atoms with Crippen LogP contribution in [0.5, 0.6) is 0 Å². The van der Waals surface area contributed by atoms with Crippen molar-refractivity contribution in [3.63, 3.8) is 0 Å². The molecule has 7 heteroatoms. The van der Waals surface area contributed by atoms with Crippen LogP contribution in [0.1, 0.15) is 26.3 Å². The zero-order valence-corrected chi connectivity index (χ0v) is 22.3. The second-order valence-electron chi connectivity index (χ2n) is 8.88. The van der Waals surface area contributed by atoms with Gasteiger partial charge in [-0.1, -0.05) is 30.3 Å². The number of anilines is 1. The molecule has 0 aliphatic heterocycles. The van der Waals surface area contributed by atoms with E-state index in [-0.39, 0.29) is 5.54 Å². The van der Waals surface area contributed by atoms with Crippen LogP contribution in [-0.4, -0.2) is 17.6 Å². The zero-order chi connectivity index (χ0) is 24.0. The van der Waals surface area contributed by atoms with E-state index in [1.165, 1.54) is 25.8 Å². The predicted molar refractivity (Wildman–Crippen MR) is 150 cm³/mol. The summed E-state index contributed by atoms with van der Waals surface area (Å²) >= 11 is 5.08. The highest BCUT2D eigenvalue weighted by molar-refractivity contribution is 7.97. The molecule has 4 nitrogen and oxygen atoms in total.